The SMILES string of the molecule is Cc1cc2c(N)c(Cl)cc(C(=O)NCC3(F)CCNCC3)c2o1. The summed E-state index contributed by atoms with van der Waals surface area (Å²) in [6, 6.07) is 3.20. The lowest BCUT2D eigenvalue weighted by Crippen LogP contribution is -2.46. The number of benzene rings is 1. The quantitative estimate of drug-likeness (QED) is 0.751. The Labute approximate surface area is 138 Å². The van der Waals surface area contributed by atoms with Crippen molar-refractivity contribution in [3.63, 3.8) is 0 Å². The van der Waals surface area contributed by atoms with Crippen LogP contribution in [0.1, 0.15) is 29.0 Å². The van der Waals surface area contributed by atoms with Gasteiger partial charge in [-0.1, -0.05) is 11.6 Å². The number of anilines is 1. The van der Waals surface area contributed by atoms with Gasteiger partial charge >= 0.3 is 0 Å². The molecule has 4 N–H and O–H groups in total. The first-order valence-electron chi connectivity index (χ1n) is 7.56. The Bertz CT molecular complexity index is 753. The molecule has 3 rings (SSSR count). The van der Waals surface area contributed by atoms with E-state index in [2.05, 4.69) is 10.6 Å². The summed E-state index contributed by atoms with van der Waals surface area (Å²) in [6.07, 6.45) is 0.760. The first-order valence-corrected chi connectivity index (χ1v) is 7.93. The fraction of sp³-hybridized carbons (Fsp3) is 0.438. The molecule has 2 aromatic rings. The van der Waals surface area contributed by atoms with Crippen LogP contribution in [0.2, 0.25) is 5.02 Å². The maximum Gasteiger partial charge on any atom is 0.255 e. The van der Waals surface area contributed by atoms with Crippen molar-refractivity contribution in [3.05, 3.63) is 28.5 Å². The molecule has 124 valence electrons. The lowest BCUT2D eigenvalue weighted by Gasteiger charge is -2.30. The number of piperidine rings is 1. The molecule has 2 heterocycles. The molecule has 0 atom stereocenters. The average molecular weight is 340 g/mol. The van der Waals surface area contributed by atoms with Gasteiger partial charge in [-0.05, 0) is 45.0 Å². The summed E-state index contributed by atoms with van der Waals surface area (Å²) in [7, 11) is 0. The van der Waals surface area contributed by atoms with Gasteiger partial charge in [0.15, 0.2) is 0 Å². The summed E-state index contributed by atoms with van der Waals surface area (Å²) >= 11 is 6.09. The van der Waals surface area contributed by atoms with Crippen LogP contribution in [0.4, 0.5) is 10.1 Å². The summed E-state index contributed by atoms with van der Waals surface area (Å²) in [5, 5.41) is 6.63. The van der Waals surface area contributed by atoms with Gasteiger partial charge in [0.2, 0.25) is 0 Å². The number of rotatable bonds is 3. The largest absolute Gasteiger partial charge is 0.460 e. The molecule has 1 aromatic carbocycles. The molecule has 0 spiro atoms. The second-order valence-corrected chi connectivity index (χ2v) is 6.41. The molecule has 0 unspecified atom stereocenters. The highest BCUT2D eigenvalue weighted by Gasteiger charge is 2.32. The van der Waals surface area contributed by atoms with Crippen LogP contribution in [0.25, 0.3) is 11.0 Å². The van der Waals surface area contributed by atoms with Gasteiger partial charge in [-0.3, -0.25) is 4.79 Å². The number of aryl methyl sites for hydroxylation is 1. The minimum absolute atomic E-state index is 0.0311. The van der Waals surface area contributed by atoms with Gasteiger partial charge in [0.05, 0.1) is 22.8 Å². The number of amides is 1. The van der Waals surface area contributed by atoms with Crippen LogP contribution >= 0.6 is 11.6 Å². The van der Waals surface area contributed by atoms with Crippen molar-refractivity contribution in [2.24, 2.45) is 0 Å². The van der Waals surface area contributed by atoms with Crippen molar-refractivity contribution >= 4 is 34.2 Å². The Balaban J connectivity index is 1.85. The Morgan fingerprint density at radius 2 is 2.17 bits per heavy atom. The van der Waals surface area contributed by atoms with Gasteiger partial charge in [0.1, 0.15) is 17.0 Å². The molecule has 1 saturated heterocycles. The zero-order valence-electron chi connectivity index (χ0n) is 12.8. The molecule has 1 aromatic heterocycles. The molecule has 0 bridgehead atoms. The first kappa shape index (κ1) is 16.1. The zero-order valence-corrected chi connectivity index (χ0v) is 13.6. The monoisotopic (exact) mass is 339 g/mol. The van der Waals surface area contributed by atoms with E-state index in [0.717, 1.165) is 0 Å². The molecule has 1 aliphatic rings. The van der Waals surface area contributed by atoms with Crippen LogP contribution in [-0.2, 0) is 0 Å². The highest BCUT2D eigenvalue weighted by Crippen LogP contribution is 2.34. The third-order valence-electron chi connectivity index (χ3n) is 4.23. The molecule has 0 radical (unpaired) electrons. The summed E-state index contributed by atoms with van der Waals surface area (Å²) in [6.45, 7) is 2.96. The average Bonchev–Trinajstić information content (AvgIpc) is 2.91. The fourth-order valence-electron chi connectivity index (χ4n) is 2.87. The van der Waals surface area contributed by atoms with E-state index in [1.54, 1.807) is 13.0 Å². The molecule has 1 amide bonds. The number of fused-ring (bicyclic) bond motifs is 1. The molecular weight excluding hydrogens is 321 g/mol. The van der Waals surface area contributed by atoms with E-state index >= 15 is 0 Å². The molecule has 5 nitrogen and oxygen atoms in total. The van der Waals surface area contributed by atoms with Crippen molar-refractivity contribution in [2.75, 3.05) is 25.4 Å². The van der Waals surface area contributed by atoms with Crippen LogP contribution in [0.15, 0.2) is 16.5 Å². The third-order valence-corrected chi connectivity index (χ3v) is 4.54. The number of nitrogens with two attached hydrogens (primary N) is 1. The molecule has 0 saturated carbocycles. The number of hydrogen-bond acceptors (Lipinski definition) is 4. The van der Waals surface area contributed by atoms with E-state index in [0.29, 0.717) is 48.3 Å². The van der Waals surface area contributed by atoms with Crippen molar-refractivity contribution < 1.29 is 13.6 Å². The molecule has 23 heavy (non-hydrogen) atoms. The van der Waals surface area contributed by atoms with E-state index in [-0.39, 0.29) is 17.1 Å². The summed E-state index contributed by atoms with van der Waals surface area (Å²) in [4.78, 5) is 12.5. The van der Waals surface area contributed by atoms with Crippen LogP contribution < -0.4 is 16.4 Å². The Hall–Kier alpha value is -1.79. The lowest BCUT2D eigenvalue weighted by atomic mass is 9.94. The second kappa shape index (κ2) is 6.02. The van der Waals surface area contributed by atoms with Gasteiger partial charge in [0.25, 0.3) is 5.91 Å². The predicted octanol–water partition coefficient (Wildman–Crippen LogP) is 2.80. The maximum atomic E-state index is 14.6. The normalized spacial score (nSPS) is 17.3. The van der Waals surface area contributed by atoms with Gasteiger partial charge in [-0.15, -0.1) is 0 Å². The lowest BCUT2D eigenvalue weighted by molar-refractivity contribution is 0.0837. The number of carbonyl (C=O) groups excluding carboxylic acids is 1. The molecule has 1 aliphatic heterocycles. The number of carbonyl (C=O) groups is 1. The highest BCUT2D eigenvalue weighted by atomic mass is 35.5. The fourth-order valence-corrected chi connectivity index (χ4v) is 3.08. The number of halogens is 2. The molecule has 7 heteroatoms. The Kier molecular flexibility index (Phi) is 4.21. The first-order chi connectivity index (χ1) is 10.9. The van der Waals surface area contributed by atoms with Crippen molar-refractivity contribution in [1.82, 2.24) is 10.6 Å². The highest BCUT2D eigenvalue weighted by molar-refractivity contribution is 6.35. The summed E-state index contributed by atoms with van der Waals surface area (Å²) in [5.74, 6) is 0.213. The van der Waals surface area contributed by atoms with E-state index in [4.69, 9.17) is 21.8 Å². The third kappa shape index (κ3) is 3.14. The predicted molar refractivity (Wildman–Crippen MR) is 88.6 cm³/mol. The number of nitrogens with one attached hydrogen (secondary N) is 2. The number of alkyl halides is 1. The number of hydrogen-bond donors (Lipinski definition) is 3. The van der Waals surface area contributed by atoms with E-state index in [9.17, 15) is 9.18 Å². The molecular formula is C16H19ClFN3O2. The smallest absolute Gasteiger partial charge is 0.255 e. The van der Waals surface area contributed by atoms with Crippen molar-refractivity contribution in [3.8, 4) is 0 Å². The van der Waals surface area contributed by atoms with Crippen LogP contribution in [0.5, 0.6) is 0 Å². The van der Waals surface area contributed by atoms with Gasteiger partial charge < -0.3 is 20.8 Å². The van der Waals surface area contributed by atoms with Gasteiger partial charge in [0, 0.05) is 5.39 Å². The van der Waals surface area contributed by atoms with Gasteiger partial charge in [-0.25, -0.2) is 4.39 Å². The minimum atomic E-state index is -1.38. The topological polar surface area (TPSA) is 80.3 Å². The molecule has 1 fully saturated rings. The van der Waals surface area contributed by atoms with E-state index < -0.39 is 11.6 Å². The van der Waals surface area contributed by atoms with E-state index in [1.807, 2.05) is 0 Å². The summed E-state index contributed by atoms with van der Waals surface area (Å²) < 4.78 is 20.2. The maximum absolute atomic E-state index is 14.6. The van der Waals surface area contributed by atoms with Crippen LogP contribution in [0.3, 0.4) is 0 Å². The number of nitrogen functional groups attached to an aromatic ring is 1. The standard InChI is InChI=1S/C16H19ClFN3O2/c1-9-6-10-13(19)12(17)7-11(14(10)23-9)15(22)21-8-16(18)2-4-20-5-3-16/h6-7,20H,2-5,8,19H2,1H3,(H,21,22). The Morgan fingerprint density at radius 3 is 2.87 bits per heavy atom. The summed E-state index contributed by atoms with van der Waals surface area (Å²) in [5.41, 5.74) is 5.56. The van der Waals surface area contributed by atoms with Crippen molar-refractivity contribution in [1.29, 1.82) is 0 Å². The van der Waals surface area contributed by atoms with Gasteiger partial charge in [-0.2, -0.15) is 0 Å². The minimum Gasteiger partial charge on any atom is -0.460 e. The zero-order chi connectivity index (χ0) is 16.6. The van der Waals surface area contributed by atoms with Crippen molar-refractivity contribution in [2.45, 2.75) is 25.4 Å². The second-order valence-electron chi connectivity index (χ2n) is 6.00. The van der Waals surface area contributed by atoms with E-state index in [1.165, 1.54) is 6.07 Å². The van der Waals surface area contributed by atoms with Crippen LogP contribution in [-0.4, -0.2) is 31.2 Å². The molecule has 0 aliphatic carbocycles. The number of furan rings is 1. The van der Waals surface area contributed by atoms with Crippen LogP contribution in [0, 0.1) is 6.92 Å². The Morgan fingerprint density at radius 1 is 1.48 bits per heavy atom.